The molecule has 0 radical (unpaired) electrons. The largest absolute Gasteiger partial charge is 0.368 e. The third-order valence-electron chi connectivity index (χ3n) is 2.42. The fraction of sp³-hybridized carbons (Fsp3) is 0.0833. The van der Waals surface area contributed by atoms with E-state index in [1.54, 1.807) is 18.3 Å². The van der Waals surface area contributed by atoms with Gasteiger partial charge in [-0.1, -0.05) is 6.07 Å². The first kappa shape index (κ1) is 12.3. The van der Waals surface area contributed by atoms with Crippen molar-refractivity contribution < 1.29 is 0 Å². The van der Waals surface area contributed by atoms with Gasteiger partial charge in [0.2, 0.25) is 5.95 Å². The van der Waals surface area contributed by atoms with Gasteiger partial charge in [-0.2, -0.15) is 10.2 Å². The van der Waals surface area contributed by atoms with Gasteiger partial charge in [0.25, 0.3) is 0 Å². The van der Waals surface area contributed by atoms with Gasteiger partial charge in [-0.15, -0.1) is 0 Å². The van der Waals surface area contributed by atoms with E-state index in [9.17, 15) is 0 Å². The van der Waals surface area contributed by atoms with E-state index < -0.39 is 0 Å². The minimum atomic E-state index is 0.205. The molecule has 18 heavy (non-hydrogen) atoms. The van der Waals surface area contributed by atoms with Gasteiger partial charge in [0.15, 0.2) is 5.82 Å². The number of nitriles is 1. The number of halogens is 1. The molecule has 0 saturated carbocycles. The predicted octanol–water partition coefficient (Wildman–Crippen LogP) is 2.46. The molecule has 0 amide bonds. The summed E-state index contributed by atoms with van der Waals surface area (Å²) in [5.41, 5.74) is 7.03. The maximum absolute atomic E-state index is 8.89. The SMILES string of the molecule is CN(c1cccc(C#N)c1)c1nc(N)ncc1Br. The van der Waals surface area contributed by atoms with Gasteiger partial charge in [-0.05, 0) is 34.1 Å². The molecule has 0 fully saturated rings. The first-order chi connectivity index (χ1) is 8.61. The zero-order valence-corrected chi connectivity index (χ0v) is 11.2. The highest BCUT2D eigenvalue weighted by Crippen LogP contribution is 2.29. The summed E-state index contributed by atoms with van der Waals surface area (Å²) in [4.78, 5) is 9.89. The fourth-order valence-corrected chi connectivity index (χ4v) is 1.97. The first-order valence-electron chi connectivity index (χ1n) is 5.13. The van der Waals surface area contributed by atoms with Crippen molar-refractivity contribution in [1.82, 2.24) is 9.97 Å². The van der Waals surface area contributed by atoms with E-state index in [2.05, 4.69) is 32.0 Å². The number of benzene rings is 1. The molecule has 1 aromatic heterocycles. The molecule has 2 N–H and O–H groups in total. The van der Waals surface area contributed by atoms with E-state index in [1.165, 1.54) is 0 Å². The normalized spacial score (nSPS) is 9.83. The molecule has 0 unspecified atom stereocenters. The van der Waals surface area contributed by atoms with Crippen LogP contribution in [0, 0.1) is 11.3 Å². The summed E-state index contributed by atoms with van der Waals surface area (Å²) >= 11 is 3.38. The first-order valence-corrected chi connectivity index (χ1v) is 5.93. The average Bonchev–Trinajstić information content (AvgIpc) is 2.41. The lowest BCUT2D eigenvalue weighted by Crippen LogP contribution is -2.13. The van der Waals surface area contributed by atoms with E-state index in [-0.39, 0.29) is 5.95 Å². The smallest absolute Gasteiger partial charge is 0.222 e. The van der Waals surface area contributed by atoms with Crippen molar-refractivity contribution in [2.75, 3.05) is 17.7 Å². The van der Waals surface area contributed by atoms with E-state index in [0.29, 0.717) is 11.4 Å². The molecule has 0 aliphatic rings. The van der Waals surface area contributed by atoms with Gasteiger partial charge < -0.3 is 10.6 Å². The van der Waals surface area contributed by atoms with Gasteiger partial charge in [0.1, 0.15) is 0 Å². The number of hydrogen-bond donors (Lipinski definition) is 1. The van der Waals surface area contributed by atoms with Crippen molar-refractivity contribution in [3.8, 4) is 6.07 Å². The molecule has 0 bridgehead atoms. The second-order valence-corrected chi connectivity index (χ2v) is 4.48. The Morgan fingerprint density at radius 2 is 2.22 bits per heavy atom. The molecule has 2 aromatic rings. The second-order valence-electron chi connectivity index (χ2n) is 3.62. The summed E-state index contributed by atoms with van der Waals surface area (Å²) < 4.78 is 0.738. The maximum atomic E-state index is 8.89. The summed E-state index contributed by atoms with van der Waals surface area (Å²) in [6, 6.07) is 9.35. The summed E-state index contributed by atoms with van der Waals surface area (Å²) in [5, 5.41) is 8.89. The van der Waals surface area contributed by atoms with Crippen LogP contribution in [-0.4, -0.2) is 17.0 Å². The highest BCUT2D eigenvalue weighted by Gasteiger charge is 2.11. The average molecular weight is 304 g/mol. The Bertz CT molecular complexity index is 620. The quantitative estimate of drug-likeness (QED) is 0.922. The lowest BCUT2D eigenvalue weighted by Gasteiger charge is -2.19. The van der Waals surface area contributed by atoms with Crippen LogP contribution in [0.2, 0.25) is 0 Å². The summed E-state index contributed by atoms with van der Waals surface area (Å²) in [7, 11) is 1.85. The van der Waals surface area contributed by atoms with Crippen LogP contribution >= 0.6 is 15.9 Å². The molecule has 0 aliphatic carbocycles. The Hall–Kier alpha value is -2.13. The molecule has 0 aliphatic heterocycles. The van der Waals surface area contributed by atoms with Crippen LogP contribution in [0.25, 0.3) is 0 Å². The minimum Gasteiger partial charge on any atom is -0.368 e. The molecular formula is C12H10BrN5. The Kier molecular flexibility index (Phi) is 3.44. The lowest BCUT2D eigenvalue weighted by atomic mass is 10.2. The molecule has 5 nitrogen and oxygen atoms in total. The summed E-state index contributed by atoms with van der Waals surface area (Å²) in [6.07, 6.45) is 1.60. The number of anilines is 3. The van der Waals surface area contributed by atoms with Crippen molar-refractivity contribution in [1.29, 1.82) is 5.26 Å². The summed E-state index contributed by atoms with van der Waals surface area (Å²) in [5.74, 6) is 0.856. The molecule has 0 spiro atoms. The molecule has 2 rings (SSSR count). The van der Waals surface area contributed by atoms with Crippen molar-refractivity contribution in [3.63, 3.8) is 0 Å². The third kappa shape index (κ3) is 2.41. The van der Waals surface area contributed by atoms with Crippen LogP contribution in [0.4, 0.5) is 17.5 Å². The predicted molar refractivity (Wildman–Crippen MR) is 73.4 cm³/mol. The number of rotatable bonds is 2. The van der Waals surface area contributed by atoms with Crippen molar-refractivity contribution >= 4 is 33.4 Å². The van der Waals surface area contributed by atoms with Gasteiger partial charge in [-0.25, -0.2) is 4.98 Å². The third-order valence-corrected chi connectivity index (χ3v) is 2.98. The Morgan fingerprint density at radius 1 is 1.44 bits per heavy atom. The van der Waals surface area contributed by atoms with E-state index in [4.69, 9.17) is 11.0 Å². The van der Waals surface area contributed by atoms with Crippen molar-refractivity contribution in [3.05, 3.63) is 40.5 Å². The van der Waals surface area contributed by atoms with Crippen LogP contribution in [0.1, 0.15) is 5.56 Å². The van der Waals surface area contributed by atoms with Gasteiger partial charge in [0, 0.05) is 18.9 Å². The molecule has 6 heteroatoms. The monoisotopic (exact) mass is 303 g/mol. The zero-order valence-electron chi connectivity index (χ0n) is 9.63. The molecule has 90 valence electrons. The Labute approximate surface area is 113 Å². The summed E-state index contributed by atoms with van der Waals surface area (Å²) in [6.45, 7) is 0. The van der Waals surface area contributed by atoms with Gasteiger partial charge in [-0.3, -0.25) is 0 Å². The number of nitrogens with two attached hydrogens (primary N) is 1. The number of nitrogen functional groups attached to an aromatic ring is 1. The van der Waals surface area contributed by atoms with Crippen LogP contribution in [-0.2, 0) is 0 Å². The maximum Gasteiger partial charge on any atom is 0.222 e. The van der Waals surface area contributed by atoms with Gasteiger partial charge in [0.05, 0.1) is 16.1 Å². The Balaban J connectivity index is 2.44. The zero-order chi connectivity index (χ0) is 13.1. The fourth-order valence-electron chi connectivity index (χ4n) is 1.51. The highest BCUT2D eigenvalue weighted by molar-refractivity contribution is 9.10. The number of aromatic nitrogens is 2. The lowest BCUT2D eigenvalue weighted by molar-refractivity contribution is 1.08. The Morgan fingerprint density at radius 3 is 2.94 bits per heavy atom. The molecule has 0 saturated heterocycles. The number of nitrogens with zero attached hydrogens (tertiary/aromatic N) is 4. The van der Waals surface area contributed by atoms with Crippen LogP contribution in [0.3, 0.4) is 0 Å². The second kappa shape index (κ2) is 5.02. The minimum absolute atomic E-state index is 0.205. The standard InChI is InChI=1S/C12H10BrN5/c1-18(9-4-2-3-8(5-9)6-14)11-10(13)7-16-12(15)17-11/h2-5,7H,1H3,(H2,15,16,17). The van der Waals surface area contributed by atoms with Gasteiger partial charge >= 0.3 is 0 Å². The van der Waals surface area contributed by atoms with E-state index in [0.717, 1.165) is 10.2 Å². The molecule has 1 aromatic carbocycles. The van der Waals surface area contributed by atoms with Crippen LogP contribution in [0.15, 0.2) is 34.9 Å². The van der Waals surface area contributed by atoms with Crippen molar-refractivity contribution in [2.24, 2.45) is 0 Å². The van der Waals surface area contributed by atoms with Crippen molar-refractivity contribution in [2.45, 2.75) is 0 Å². The number of hydrogen-bond acceptors (Lipinski definition) is 5. The van der Waals surface area contributed by atoms with E-state index >= 15 is 0 Å². The van der Waals surface area contributed by atoms with E-state index in [1.807, 2.05) is 24.1 Å². The topological polar surface area (TPSA) is 78.8 Å². The van der Waals surface area contributed by atoms with Crippen LogP contribution in [0.5, 0.6) is 0 Å². The molecular weight excluding hydrogens is 294 g/mol. The van der Waals surface area contributed by atoms with Crippen LogP contribution < -0.4 is 10.6 Å². The highest BCUT2D eigenvalue weighted by atomic mass is 79.9. The molecule has 0 atom stereocenters. The molecule has 1 heterocycles.